The van der Waals surface area contributed by atoms with E-state index in [-0.39, 0.29) is 12.0 Å². The molecule has 3 N–H and O–H groups in total. The first-order valence-corrected chi connectivity index (χ1v) is 7.66. The summed E-state index contributed by atoms with van der Waals surface area (Å²) in [5.74, 6) is 0. The lowest BCUT2D eigenvalue weighted by Gasteiger charge is -2.37. The maximum atomic E-state index is 11.3. The van der Waals surface area contributed by atoms with E-state index in [9.17, 15) is 15.0 Å². The summed E-state index contributed by atoms with van der Waals surface area (Å²) >= 11 is 1.38. The first kappa shape index (κ1) is 16.3. The number of fused-ring (bicyclic) bond motifs is 1. The van der Waals surface area contributed by atoms with Gasteiger partial charge >= 0.3 is 6.09 Å². The molecule has 9 heteroatoms. The third-order valence-corrected chi connectivity index (χ3v) is 4.54. The molecule has 8 nitrogen and oxygen atoms in total. The molecule has 0 unspecified atom stereocenters. The van der Waals surface area contributed by atoms with Crippen LogP contribution in [-0.2, 0) is 9.47 Å². The fraction of sp³-hybridized carbons (Fsp3) is 0.833. The lowest BCUT2D eigenvalue weighted by molar-refractivity contribution is -0.164. The van der Waals surface area contributed by atoms with Crippen molar-refractivity contribution in [1.82, 2.24) is 10.2 Å². The molecule has 1 fully saturated rings. The van der Waals surface area contributed by atoms with Crippen molar-refractivity contribution in [2.45, 2.75) is 36.7 Å². The Morgan fingerprint density at radius 1 is 1.48 bits per heavy atom. The lowest BCUT2D eigenvalue weighted by atomic mass is 9.99. The number of carbonyl (C=O) groups excluding carboxylic acids is 1. The molecule has 1 amide bonds. The Hall–Kier alpha value is -1.03. The quantitative estimate of drug-likeness (QED) is 0.626. The molecular weight excluding hydrogens is 298 g/mol. The molecule has 0 aliphatic carbocycles. The van der Waals surface area contributed by atoms with Gasteiger partial charge in [0.1, 0.15) is 36.4 Å². The molecule has 0 bridgehead atoms. The Bertz CT molecular complexity index is 420. The maximum Gasteiger partial charge on any atom is 0.407 e. The van der Waals surface area contributed by atoms with E-state index in [4.69, 9.17) is 9.47 Å². The van der Waals surface area contributed by atoms with Crippen molar-refractivity contribution in [2.24, 2.45) is 4.99 Å². The average molecular weight is 319 g/mol. The van der Waals surface area contributed by atoms with Gasteiger partial charge in [0.15, 0.2) is 5.17 Å². The fourth-order valence-electron chi connectivity index (χ4n) is 2.12. The molecule has 5 atom stereocenters. The molecule has 0 aromatic heterocycles. The summed E-state index contributed by atoms with van der Waals surface area (Å²) in [6, 6.07) is -0.511. The maximum absolute atomic E-state index is 11.3. The van der Waals surface area contributed by atoms with Crippen molar-refractivity contribution >= 4 is 23.0 Å². The van der Waals surface area contributed by atoms with Crippen molar-refractivity contribution in [3.8, 4) is 0 Å². The number of ether oxygens (including phenoxy) is 2. The normalized spacial score (nSPS) is 34.9. The molecule has 2 rings (SSSR count). The van der Waals surface area contributed by atoms with Crippen LogP contribution >= 0.6 is 11.8 Å². The number of thioether (sulfide) groups is 1. The number of amides is 1. The van der Waals surface area contributed by atoms with E-state index in [0.29, 0.717) is 6.54 Å². The minimum absolute atomic E-state index is 0.120. The van der Waals surface area contributed by atoms with Crippen LogP contribution in [0, 0.1) is 0 Å². The van der Waals surface area contributed by atoms with E-state index in [1.807, 2.05) is 19.0 Å². The van der Waals surface area contributed by atoms with Gasteiger partial charge in [-0.15, -0.1) is 0 Å². The molecule has 0 spiro atoms. The van der Waals surface area contributed by atoms with Crippen LogP contribution in [0.25, 0.3) is 0 Å². The summed E-state index contributed by atoms with van der Waals surface area (Å²) < 4.78 is 10.7. The molecule has 2 aliphatic heterocycles. The van der Waals surface area contributed by atoms with Gasteiger partial charge in [0.05, 0.1) is 0 Å². The van der Waals surface area contributed by atoms with E-state index in [1.54, 1.807) is 6.92 Å². The highest BCUT2D eigenvalue weighted by molar-refractivity contribution is 8.14. The Balaban J connectivity index is 1.95. The first-order valence-electron chi connectivity index (χ1n) is 6.78. The summed E-state index contributed by atoms with van der Waals surface area (Å²) in [4.78, 5) is 17.5. The number of carbonyl (C=O) groups is 1. The Kier molecular flexibility index (Phi) is 5.31. The highest BCUT2D eigenvalue weighted by Gasteiger charge is 2.48. The third kappa shape index (κ3) is 3.60. The number of aliphatic hydroxyl groups is 2. The number of aliphatic hydroxyl groups excluding tert-OH is 2. The number of nitrogens with one attached hydrogen (secondary N) is 1. The Morgan fingerprint density at radius 2 is 2.19 bits per heavy atom. The molecule has 21 heavy (non-hydrogen) atoms. The van der Waals surface area contributed by atoms with Crippen LogP contribution in [0.2, 0.25) is 0 Å². The van der Waals surface area contributed by atoms with Crippen molar-refractivity contribution in [2.75, 3.05) is 27.2 Å². The van der Waals surface area contributed by atoms with Gasteiger partial charge in [-0.05, 0) is 6.92 Å². The molecule has 2 aliphatic rings. The molecule has 0 saturated carbocycles. The zero-order chi connectivity index (χ0) is 15.6. The average Bonchev–Trinajstić information content (AvgIpc) is 2.86. The van der Waals surface area contributed by atoms with Gasteiger partial charge in [-0.1, -0.05) is 11.8 Å². The molecule has 0 radical (unpaired) electrons. The number of aliphatic imine (C=N–C) groups is 1. The van der Waals surface area contributed by atoms with E-state index < -0.39 is 30.4 Å². The Labute approximate surface area is 127 Å². The number of alkyl carbamates (subject to hydrolysis) is 1. The van der Waals surface area contributed by atoms with Gasteiger partial charge in [-0.25, -0.2) is 4.79 Å². The minimum atomic E-state index is -1.15. The van der Waals surface area contributed by atoms with Gasteiger partial charge in [0, 0.05) is 20.6 Å². The molecule has 2 heterocycles. The second-order valence-corrected chi connectivity index (χ2v) is 6.13. The summed E-state index contributed by atoms with van der Waals surface area (Å²) in [7, 11) is 3.70. The SMILES string of the molecule is CCNC(=O)OC[C@H]1O[C@@H]2SC(N(C)C)=N[C@@H]2[C@@H](O)[C@H]1O. The zero-order valence-corrected chi connectivity index (χ0v) is 13.0. The van der Waals surface area contributed by atoms with Crippen LogP contribution in [0.5, 0.6) is 0 Å². The predicted molar refractivity (Wildman–Crippen MR) is 78.2 cm³/mol. The van der Waals surface area contributed by atoms with E-state index in [0.717, 1.165) is 5.17 Å². The van der Waals surface area contributed by atoms with Gasteiger partial charge in [-0.3, -0.25) is 4.99 Å². The van der Waals surface area contributed by atoms with Crippen molar-refractivity contribution in [3.05, 3.63) is 0 Å². The van der Waals surface area contributed by atoms with Crippen molar-refractivity contribution in [1.29, 1.82) is 0 Å². The second kappa shape index (κ2) is 6.82. The number of nitrogens with zero attached hydrogens (tertiary/aromatic N) is 2. The first-order chi connectivity index (χ1) is 9.93. The van der Waals surface area contributed by atoms with Crippen LogP contribution in [0.4, 0.5) is 4.79 Å². The van der Waals surface area contributed by atoms with Crippen LogP contribution < -0.4 is 5.32 Å². The van der Waals surface area contributed by atoms with Gasteiger partial charge in [0.25, 0.3) is 0 Å². The highest BCUT2D eigenvalue weighted by atomic mass is 32.2. The summed E-state index contributed by atoms with van der Waals surface area (Å²) in [5, 5.41) is 23.5. The zero-order valence-electron chi connectivity index (χ0n) is 12.2. The van der Waals surface area contributed by atoms with Crippen LogP contribution in [-0.4, -0.2) is 83.4 Å². The van der Waals surface area contributed by atoms with Crippen LogP contribution in [0.3, 0.4) is 0 Å². The van der Waals surface area contributed by atoms with E-state index >= 15 is 0 Å². The number of hydrogen-bond acceptors (Lipinski definition) is 8. The van der Waals surface area contributed by atoms with E-state index in [2.05, 4.69) is 10.3 Å². The number of amidine groups is 1. The highest BCUT2D eigenvalue weighted by Crippen LogP contribution is 2.36. The largest absolute Gasteiger partial charge is 0.447 e. The van der Waals surface area contributed by atoms with Crippen LogP contribution in [0.15, 0.2) is 4.99 Å². The summed E-state index contributed by atoms with van der Waals surface area (Å²) in [6.07, 6.45) is -3.54. The summed E-state index contributed by atoms with van der Waals surface area (Å²) in [5.41, 5.74) is -0.386. The topological polar surface area (TPSA) is 104 Å². The third-order valence-electron chi connectivity index (χ3n) is 3.23. The fourth-order valence-corrected chi connectivity index (χ4v) is 3.29. The predicted octanol–water partition coefficient (Wildman–Crippen LogP) is -0.788. The molecule has 1 saturated heterocycles. The molecule has 0 aromatic carbocycles. The van der Waals surface area contributed by atoms with Crippen LogP contribution in [0.1, 0.15) is 6.92 Å². The Morgan fingerprint density at radius 3 is 2.81 bits per heavy atom. The smallest absolute Gasteiger partial charge is 0.407 e. The van der Waals surface area contributed by atoms with Crippen molar-refractivity contribution < 1.29 is 24.5 Å². The summed E-state index contributed by atoms with van der Waals surface area (Å²) in [6.45, 7) is 2.11. The van der Waals surface area contributed by atoms with Gasteiger partial charge in [-0.2, -0.15) is 0 Å². The standard InChI is InChI=1S/C12H21N3O5S/c1-4-13-12(18)19-5-6-8(16)9(17)7-10(20-6)21-11(14-7)15(2)3/h6-10,16-17H,4-5H2,1-3H3,(H,13,18)/t6-,7-,8+,9-,10-/m1/s1. The minimum Gasteiger partial charge on any atom is -0.447 e. The molecular formula is C12H21N3O5S. The number of hydrogen-bond donors (Lipinski definition) is 3. The lowest BCUT2D eigenvalue weighted by Crippen LogP contribution is -2.56. The van der Waals surface area contributed by atoms with Crippen molar-refractivity contribution in [3.63, 3.8) is 0 Å². The second-order valence-electron chi connectivity index (χ2n) is 5.07. The monoisotopic (exact) mass is 319 g/mol. The van der Waals surface area contributed by atoms with E-state index in [1.165, 1.54) is 11.8 Å². The molecule has 120 valence electrons. The van der Waals surface area contributed by atoms with Gasteiger partial charge in [0.2, 0.25) is 0 Å². The molecule has 0 aromatic rings. The van der Waals surface area contributed by atoms with Gasteiger partial charge < -0.3 is 29.9 Å². The number of rotatable bonds is 3.